The summed E-state index contributed by atoms with van der Waals surface area (Å²) in [5.74, 6) is -1.85. The fraction of sp³-hybridized carbons (Fsp3) is 0. The lowest BCUT2D eigenvalue weighted by atomic mass is 10.0. The topological polar surface area (TPSA) is 90.8 Å². The number of carbonyl (C=O) groups excluding carboxylic acids is 2. The highest BCUT2D eigenvalue weighted by molar-refractivity contribution is 6.41. The van der Waals surface area contributed by atoms with Crippen molar-refractivity contribution in [2.75, 3.05) is 5.32 Å². The van der Waals surface area contributed by atoms with Gasteiger partial charge in [0.2, 0.25) is 0 Å². The molecule has 0 radical (unpaired) electrons. The Morgan fingerprint density at radius 2 is 1.69 bits per heavy atom. The van der Waals surface area contributed by atoms with E-state index in [-0.39, 0.29) is 5.75 Å². The van der Waals surface area contributed by atoms with Crippen LogP contribution in [0, 0.1) is 0 Å². The molecule has 0 fully saturated rings. The standard InChI is InChI=1S/C19H14ClN3O3/c20-15-7-3-4-8-16(15)22-18(25)19(26)23-21-11-14-13-6-2-1-5-12(13)9-10-17(14)24/h1-11,24H,(H,22,25)(H,23,26)/b21-11-. The van der Waals surface area contributed by atoms with Crippen molar-refractivity contribution < 1.29 is 14.7 Å². The fourth-order valence-corrected chi connectivity index (χ4v) is 2.55. The molecule has 2 amide bonds. The molecule has 0 heterocycles. The number of rotatable bonds is 3. The number of para-hydroxylation sites is 1. The van der Waals surface area contributed by atoms with Crippen LogP contribution in [0.4, 0.5) is 5.69 Å². The van der Waals surface area contributed by atoms with Crippen molar-refractivity contribution in [1.82, 2.24) is 5.43 Å². The number of hydrogen-bond donors (Lipinski definition) is 3. The summed E-state index contributed by atoms with van der Waals surface area (Å²) in [6.07, 6.45) is 1.29. The maximum Gasteiger partial charge on any atom is 0.329 e. The highest BCUT2D eigenvalue weighted by Gasteiger charge is 2.14. The second kappa shape index (κ2) is 7.67. The highest BCUT2D eigenvalue weighted by atomic mass is 35.5. The number of phenolic OH excluding ortho intramolecular Hbond substituents is 1. The van der Waals surface area contributed by atoms with Gasteiger partial charge in [-0.25, -0.2) is 5.43 Å². The van der Waals surface area contributed by atoms with Crippen LogP contribution in [0.25, 0.3) is 10.8 Å². The summed E-state index contributed by atoms with van der Waals surface area (Å²) in [5, 5.41) is 18.2. The first-order valence-electron chi connectivity index (χ1n) is 7.66. The van der Waals surface area contributed by atoms with E-state index in [1.807, 2.05) is 24.3 Å². The quantitative estimate of drug-likeness (QED) is 0.377. The number of hydrogen-bond acceptors (Lipinski definition) is 4. The van der Waals surface area contributed by atoms with E-state index < -0.39 is 11.8 Å². The lowest BCUT2D eigenvalue weighted by Gasteiger charge is -2.06. The molecule has 3 rings (SSSR count). The second-order valence-corrected chi connectivity index (χ2v) is 5.76. The Bertz CT molecular complexity index is 1020. The summed E-state index contributed by atoms with van der Waals surface area (Å²) in [7, 11) is 0. The van der Waals surface area contributed by atoms with Crippen molar-refractivity contribution in [1.29, 1.82) is 0 Å². The third-order valence-electron chi connectivity index (χ3n) is 3.64. The Kier molecular flexibility index (Phi) is 5.15. The van der Waals surface area contributed by atoms with E-state index in [1.54, 1.807) is 30.3 Å². The summed E-state index contributed by atoms with van der Waals surface area (Å²) < 4.78 is 0. The van der Waals surface area contributed by atoms with E-state index in [2.05, 4.69) is 15.8 Å². The third-order valence-corrected chi connectivity index (χ3v) is 3.97. The fourth-order valence-electron chi connectivity index (χ4n) is 2.37. The van der Waals surface area contributed by atoms with Crippen LogP contribution in [0.15, 0.2) is 65.8 Å². The van der Waals surface area contributed by atoms with Gasteiger partial charge in [-0.2, -0.15) is 5.10 Å². The van der Waals surface area contributed by atoms with Gasteiger partial charge >= 0.3 is 11.8 Å². The number of benzene rings is 3. The van der Waals surface area contributed by atoms with Gasteiger partial charge in [-0.15, -0.1) is 0 Å². The minimum atomic E-state index is -0.958. The Hall–Kier alpha value is -3.38. The second-order valence-electron chi connectivity index (χ2n) is 5.35. The van der Waals surface area contributed by atoms with Crippen LogP contribution in [-0.4, -0.2) is 23.1 Å². The van der Waals surface area contributed by atoms with E-state index in [0.717, 1.165) is 10.8 Å². The molecule has 26 heavy (non-hydrogen) atoms. The van der Waals surface area contributed by atoms with Gasteiger partial charge in [0.1, 0.15) is 5.75 Å². The molecule has 0 aliphatic heterocycles. The highest BCUT2D eigenvalue weighted by Crippen LogP contribution is 2.25. The van der Waals surface area contributed by atoms with Crippen molar-refractivity contribution in [2.24, 2.45) is 5.10 Å². The monoisotopic (exact) mass is 367 g/mol. The van der Waals surface area contributed by atoms with Crippen molar-refractivity contribution >= 4 is 46.1 Å². The summed E-state index contributed by atoms with van der Waals surface area (Å²) in [5.41, 5.74) is 2.89. The number of carbonyl (C=O) groups is 2. The molecule has 0 bridgehead atoms. The van der Waals surface area contributed by atoms with E-state index in [4.69, 9.17) is 11.6 Å². The van der Waals surface area contributed by atoms with Crippen LogP contribution >= 0.6 is 11.6 Å². The van der Waals surface area contributed by atoms with Gasteiger partial charge in [0, 0.05) is 5.56 Å². The van der Waals surface area contributed by atoms with Crippen molar-refractivity contribution in [2.45, 2.75) is 0 Å². The molecule has 7 heteroatoms. The first-order valence-corrected chi connectivity index (χ1v) is 8.03. The molecule has 3 aromatic carbocycles. The summed E-state index contributed by atoms with van der Waals surface area (Å²) >= 11 is 5.93. The van der Waals surface area contributed by atoms with Crippen molar-refractivity contribution in [3.63, 3.8) is 0 Å². The van der Waals surface area contributed by atoms with Gasteiger partial charge < -0.3 is 10.4 Å². The third kappa shape index (κ3) is 3.81. The van der Waals surface area contributed by atoms with E-state index in [1.165, 1.54) is 12.3 Å². The van der Waals surface area contributed by atoms with E-state index >= 15 is 0 Å². The van der Waals surface area contributed by atoms with Gasteiger partial charge in [0.05, 0.1) is 16.9 Å². The van der Waals surface area contributed by atoms with Crippen LogP contribution in [0.1, 0.15) is 5.56 Å². The molecule has 0 atom stereocenters. The number of nitrogens with one attached hydrogen (secondary N) is 2. The summed E-state index contributed by atoms with van der Waals surface area (Å²) in [6.45, 7) is 0. The predicted molar refractivity (Wildman–Crippen MR) is 101 cm³/mol. The number of fused-ring (bicyclic) bond motifs is 1. The number of aromatic hydroxyl groups is 1. The molecule has 0 spiro atoms. The normalized spacial score (nSPS) is 10.8. The number of halogens is 1. The Balaban J connectivity index is 1.71. The zero-order valence-corrected chi connectivity index (χ0v) is 14.2. The molecule has 0 aliphatic rings. The number of amides is 2. The SMILES string of the molecule is O=C(N/N=C\c1c(O)ccc2ccccc12)C(=O)Nc1ccccc1Cl. The largest absolute Gasteiger partial charge is 0.507 e. The van der Waals surface area contributed by atoms with Crippen LogP contribution in [0.3, 0.4) is 0 Å². The minimum Gasteiger partial charge on any atom is -0.507 e. The number of anilines is 1. The van der Waals surface area contributed by atoms with Crippen LogP contribution in [-0.2, 0) is 9.59 Å². The molecular formula is C19H14ClN3O3. The number of nitrogens with zero attached hydrogens (tertiary/aromatic N) is 1. The first-order chi connectivity index (χ1) is 12.6. The van der Waals surface area contributed by atoms with Crippen LogP contribution < -0.4 is 10.7 Å². The zero-order chi connectivity index (χ0) is 18.5. The van der Waals surface area contributed by atoms with Crippen LogP contribution in [0.2, 0.25) is 5.02 Å². The number of hydrazone groups is 1. The average molecular weight is 368 g/mol. The zero-order valence-electron chi connectivity index (χ0n) is 13.4. The summed E-state index contributed by atoms with van der Waals surface area (Å²) in [4.78, 5) is 23.7. The van der Waals surface area contributed by atoms with Crippen molar-refractivity contribution in [3.05, 3.63) is 71.2 Å². The molecule has 3 N–H and O–H groups in total. The molecule has 3 aromatic rings. The lowest BCUT2D eigenvalue weighted by molar-refractivity contribution is -0.136. The minimum absolute atomic E-state index is 0.0159. The smallest absolute Gasteiger partial charge is 0.329 e. The Morgan fingerprint density at radius 3 is 2.50 bits per heavy atom. The predicted octanol–water partition coefficient (Wildman–Crippen LogP) is 3.29. The van der Waals surface area contributed by atoms with Gasteiger partial charge in [-0.3, -0.25) is 9.59 Å². The molecule has 0 saturated heterocycles. The van der Waals surface area contributed by atoms with Crippen molar-refractivity contribution in [3.8, 4) is 5.75 Å². The molecule has 0 unspecified atom stereocenters. The van der Waals surface area contributed by atoms with Gasteiger partial charge in [0.15, 0.2) is 0 Å². The molecule has 0 saturated carbocycles. The van der Waals surface area contributed by atoms with Gasteiger partial charge in [-0.05, 0) is 29.0 Å². The first kappa shape index (κ1) is 17.4. The van der Waals surface area contributed by atoms with E-state index in [0.29, 0.717) is 16.3 Å². The lowest BCUT2D eigenvalue weighted by Crippen LogP contribution is -2.32. The van der Waals surface area contributed by atoms with E-state index in [9.17, 15) is 14.7 Å². The molecule has 0 aliphatic carbocycles. The van der Waals surface area contributed by atoms with Crippen LogP contribution in [0.5, 0.6) is 5.75 Å². The maximum absolute atomic E-state index is 11.9. The molecule has 0 aromatic heterocycles. The maximum atomic E-state index is 11.9. The summed E-state index contributed by atoms with van der Waals surface area (Å²) in [6, 6.07) is 17.3. The number of phenols is 1. The molecular weight excluding hydrogens is 354 g/mol. The molecule has 6 nitrogen and oxygen atoms in total. The van der Waals surface area contributed by atoms with Gasteiger partial charge in [-0.1, -0.05) is 54.1 Å². The average Bonchev–Trinajstić information content (AvgIpc) is 2.65. The Morgan fingerprint density at radius 1 is 0.962 bits per heavy atom. The van der Waals surface area contributed by atoms with Gasteiger partial charge in [0.25, 0.3) is 0 Å². The Labute approximate surface area is 154 Å². The molecule has 130 valence electrons.